The van der Waals surface area contributed by atoms with Crippen LogP contribution in [0.1, 0.15) is 30.9 Å². The quantitative estimate of drug-likeness (QED) is 0.224. The van der Waals surface area contributed by atoms with E-state index in [0.29, 0.717) is 18.5 Å². The standard InChI is InChI=1S/C26H27FN4O4.Na/c27-21-11-9-18(10-12-21)19-5-3-6-20(15-19)22(16-26(34)35)31-25(33)17-30-24(32)8-4-14-29-23-7-1-2-13-28-23;/h1-3,5-7,9-13,15,22H,4,8,14,16-17H2,(H,28,29)(H,30,32)(H,31,33)(H,34,35);. The Hall–Kier alpha value is -3.27. The number of hydrogen-bond acceptors (Lipinski definition) is 5. The molecule has 1 unspecified atom stereocenters. The maximum Gasteiger partial charge on any atom is 0.305 e. The molecule has 0 fully saturated rings. The summed E-state index contributed by atoms with van der Waals surface area (Å²) in [5.41, 5.74) is 2.12. The van der Waals surface area contributed by atoms with Crippen molar-refractivity contribution in [3.8, 4) is 11.1 Å². The van der Waals surface area contributed by atoms with E-state index in [1.165, 1.54) is 12.1 Å². The molecule has 1 heterocycles. The summed E-state index contributed by atoms with van der Waals surface area (Å²) in [5.74, 6) is -1.49. The normalized spacial score (nSPS) is 11.0. The molecule has 1 aromatic heterocycles. The van der Waals surface area contributed by atoms with Crippen LogP contribution < -0.4 is 16.0 Å². The summed E-state index contributed by atoms with van der Waals surface area (Å²) in [5, 5.41) is 17.7. The Kier molecular flexibility index (Phi) is 12.0. The third-order valence-corrected chi connectivity index (χ3v) is 5.18. The van der Waals surface area contributed by atoms with Gasteiger partial charge < -0.3 is 21.1 Å². The first kappa shape index (κ1) is 29.0. The Morgan fingerprint density at radius 1 is 0.944 bits per heavy atom. The number of anilines is 1. The van der Waals surface area contributed by atoms with E-state index in [1.807, 2.05) is 24.3 Å². The zero-order valence-electron chi connectivity index (χ0n) is 20.0. The molecule has 0 saturated heterocycles. The number of aromatic nitrogens is 1. The van der Waals surface area contributed by atoms with E-state index >= 15 is 0 Å². The van der Waals surface area contributed by atoms with E-state index in [1.54, 1.807) is 36.5 Å². The number of carboxylic acid groups (broad SMARTS) is 1. The number of carbonyl (C=O) groups is 3. The van der Waals surface area contributed by atoms with E-state index in [4.69, 9.17) is 0 Å². The van der Waals surface area contributed by atoms with E-state index < -0.39 is 17.9 Å². The topological polar surface area (TPSA) is 120 Å². The van der Waals surface area contributed by atoms with Crippen molar-refractivity contribution >= 4 is 53.2 Å². The zero-order valence-corrected chi connectivity index (χ0v) is 22.0. The molecule has 3 rings (SSSR count). The Bertz CT molecular complexity index is 1150. The molecule has 0 bridgehead atoms. The van der Waals surface area contributed by atoms with Crippen LogP contribution in [0.5, 0.6) is 0 Å². The SMILES string of the molecule is O=C(O)CC(NC(=O)CNC(=O)CCCNc1ccccn1)c1cccc(-c2ccc(F)cc2)c1.[Na]. The molecule has 0 aliphatic carbocycles. The largest absolute Gasteiger partial charge is 0.481 e. The van der Waals surface area contributed by atoms with E-state index in [9.17, 15) is 23.9 Å². The minimum Gasteiger partial charge on any atom is -0.481 e. The number of benzene rings is 2. The fraction of sp³-hybridized carbons (Fsp3) is 0.231. The van der Waals surface area contributed by atoms with Gasteiger partial charge in [-0.2, -0.15) is 0 Å². The first-order chi connectivity index (χ1) is 16.9. The fourth-order valence-corrected chi connectivity index (χ4v) is 3.45. The Morgan fingerprint density at radius 2 is 1.72 bits per heavy atom. The summed E-state index contributed by atoms with van der Waals surface area (Å²) >= 11 is 0. The van der Waals surface area contributed by atoms with Crippen LogP contribution >= 0.6 is 0 Å². The molecule has 0 spiro atoms. The second-order valence-electron chi connectivity index (χ2n) is 7.87. The van der Waals surface area contributed by atoms with Gasteiger partial charge in [0.2, 0.25) is 11.8 Å². The average molecular weight is 502 g/mol. The van der Waals surface area contributed by atoms with Crippen molar-refractivity contribution in [2.45, 2.75) is 25.3 Å². The number of nitrogens with one attached hydrogen (secondary N) is 3. The van der Waals surface area contributed by atoms with Gasteiger partial charge in [-0.1, -0.05) is 36.4 Å². The molecule has 3 aromatic rings. The first-order valence-corrected chi connectivity index (χ1v) is 11.2. The van der Waals surface area contributed by atoms with E-state index in [2.05, 4.69) is 20.9 Å². The minimum atomic E-state index is -1.08. The average Bonchev–Trinajstić information content (AvgIpc) is 2.86. The molecule has 10 heteroatoms. The first-order valence-electron chi connectivity index (χ1n) is 11.2. The Labute approximate surface area is 231 Å². The molecule has 183 valence electrons. The Balaban J connectivity index is 0.00000456. The van der Waals surface area contributed by atoms with Crippen molar-refractivity contribution < 1.29 is 23.9 Å². The van der Waals surface area contributed by atoms with Crippen LogP contribution in [0.15, 0.2) is 72.9 Å². The summed E-state index contributed by atoms with van der Waals surface area (Å²) in [7, 11) is 0. The van der Waals surface area contributed by atoms with Crippen molar-refractivity contribution in [1.82, 2.24) is 15.6 Å². The zero-order chi connectivity index (χ0) is 25.0. The van der Waals surface area contributed by atoms with Crippen LogP contribution in [0.25, 0.3) is 11.1 Å². The summed E-state index contributed by atoms with van der Waals surface area (Å²) in [6.45, 7) is 0.294. The molecule has 0 aliphatic rings. The monoisotopic (exact) mass is 501 g/mol. The molecule has 0 aliphatic heterocycles. The molecular formula is C26H27FN4NaO4. The molecule has 0 saturated carbocycles. The molecule has 2 aromatic carbocycles. The number of halogens is 1. The van der Waals surface area contributed by atoms with Gasteiger partial charge in [0.25, 0.3) is 0 Å². The molecule has 2 amide bonds. The summed E-state index contributed by atoms with van der Waals surface area (Å²) in [6.07, 6.45) is 2.13. The van der Waals surface area contributed by atoms with Gasteiger partial charge in [-0.25, -0.2) is 9.37 Å². The van der Waals surface area contributed by atoms with Crippen LogP contribution in [0, 0.1) is 5.82 Å². The van der Waals surface area contributed by atoms with Gasteiger partial charge in [0, 0.05) is 48.7 Å². The van der Waals surface area contributed by atoms with Crippen LogP contribution in [-0.2, 0) is 14.4 Å². The minimum absolute atomic E-state index is 0. The van der Waals surface area contributed by atoms with E-state index in [-0.39, 0.29) is 60.7 Å². The van der Waals surface area contributed by atoms with Crippen molar-refractivity contribution in [2.24, 2.45) is 0 Å². The number of hydrogen-bond donors (Lipinski definition) is 4. The smallest absolute Gasteiger partial charge is 0.305 e. The molecule has 36 heavy (non-hydrogen) atoms. The maximum absolute atomic E-state index is 13.2. The number of rotatable bonds is 12. The van der Waals surface area contributed by atoms with Crippen molar-refractivity contribution in [1.29, 1.82) is 0 Å². The maximum atomic E-state index is 13.2. The number of aliphatic carboxylic acids is 1. The van der Waals surface area contributed by atoms with Gasteiger partial charge in [0.1, 0.15) is 11.6 Å². The van der Waals surface area contributed by atoms with Gasteiger partial charge in [0.05, 0.1) is 19.0 Å². The predicted octanol–water partition coefficient (Wildman–Crippen LogP) is 3.15. The van der Waals surface area contributed by atoms with Crippen LogP contribution in [0.2, 0.25) is 0 Å². The molecule has 1 atom stereocenters. The van der Waals surface area contributed by atoms with Gasteiger partial charge in [-0.3, -0.25) is 14.4 Å². The van der Waals surface area contributed by atoms with Gasteiger partial charge >= 0.3 is 5.97 Å². The third kappa shape index (κ3) is 9.77. The van der Waals surface area contributed by atoms with Crippen molar-refractivity contribution in [3.63, 3.8) is 0 Å². The Morgan fingerprint density at radius 3 is 2.42 bits per heavy atom. The second kappa shape index (κ2) is 15.0. The number of carbonyl (C=O) groups excluding carboxylic acids is 2. The molecule has 8 nitrogen and oxygen atoms in total. The fourth-order valence-electron chi connectivity index (χ4n) is 3.45. The molecule has 4 N–H and O–H groups in total. The number of carboxylic acids is 1. The third-order valence-electron chi connectivity index (χ3n) is 5.18. The van der Waals surface area contributed by atoms with Crippen LogP contribution in [-0.4, -0.2) is 70.5 Å². The van der Waals surface area contributed by atoms with Crippen LogP contribution in [0.4, 0.5) is 10.2 Å². The number of pyridine rings is 1. The predicted molar refractivity (Wildman–Crippen MR) is 136 cm³/mol. The van der Waals surface area contributed by atoms with Gasteiger partial charge in [-0.15, -0.1) is 0 Å². The summed E-state index contributed by atoms with van der Waals surface area (Å²) in [6, 6.07) is 17.7. The van der Waals surface area contributed by atoms with E-state index in [0.717, 1.165) is 16.9 Å². The number of amides is 2. The molecular weight excluding hydrogens is 474 g/mol. The van der Waals surface area contributed by atoms with Crippen LogP contribution in [0.3, 0.4) is 0 Å². The number of nitrogens with zero attached hydrogens (tertiary/aromatic N) is 1. The van der Waals surface area contributed by atoms with Crippen molar-refractivity contribution in [2.75, 3.05) is 18.4 Å². The molecule has 1 radical (unpaired) electrons. The summed E-state index contributed by atoms with van der Waals surface area (Å²) in [4.78, 5) is 40.0. The van der Waals surface area contributed by atoms with Crippen molar-refractivity contribution in [3.05, 3.63) is 84.3 Å². The summed E-state index contributed by atoms with van der Waals surface area (Å²) < 4.78 is 13.2. The van der Waals surface area contributed by atoms with Gasteiger partial charge in [0.15, 0.2) is 0 Å². The second-order valence-corrected chi connectivity index (χ2v) is 7.87. The van der Waals surface area contributed by atoms with Gasteiger partial charge in [-0.05, 0) is 53.4 Å².